The first-order chi connectivity index (χ1) is 7.65. The van der Waals surface area contributed by atoms with Crippen molar-refractivity contribution in [2.75, 3.05) is 0 Å². The lowest BCUT2D eigenvalue weighted by atomic mass is 10.3. The van der Waals surface area contributed by atoms with Gasteiger partial charge >= 0.3 is 0 Å². The minimum absolute atomic E-state index is 0.187. The third kappa shape index (κ3) is 2.28. The molecule has 0 unspecified atom stereocenters. The fraction of sp³-hybridized carbons (Fsp3) is 0.300. The van der Waals surface area contributed by atoms with E-state index in [0.717, 1.165) is 11.3 Å². The van der Waals surface area contributed by atoms with Gasteiger partial charge in [-0.1, -0.05) is 0 Å². The van der Waals surface area contributed by atoms with Crippen LogP contribution in [0.3, 0.4) is 0 Å². The number of carbonyl (C=O) groups excluding carboxylic acids is 1. The van der Waals surface area contributed by atoms with Gasteiger partial charge in [0, 0.05) is 31.0 Å². The van der Waals surface area contributed by atoms with Crippen LogP contribution in [0, 0.1) is 6.92 Å². The molecule has 84 valence electrons. The molecule has 1 amide bonds. The van der Waals surface area contributed by atoms with E-state index in [1.807, 2.05) is 20.2 Å². The summed E-state index contributed by atoms with van der Waals surface area (Å²) in [6.07, 6.45) is 3.58. The first kappa shape index (κ1) is 10.4. The van der Waals surface area contributed by atoms with Gasteiger partial charge in [0.15, 0.2) is 0 Å². The molecule has 2 rings (SSSR count). The molecular weight excluding hydrogens is 206 g/mol. The molecule has 0 aromatic carbocycles. The van der Waals surface area contributed by atoms with E-state index in [9.17, 15) is 4.79 Å². The molecule has 2 aromatic rings. The first-order valence-corrected chi connectivity index (χ1v) is 4.93. The lowest BCUT2D eigenvalue weighted by molar-refractivity contribution is 0.0946. The van der Waals surface area contributed by atoms with Crippen molar-refractivity contribution in [3.8, 4) is 0 Å². The fourth-order valence-electron chi connectivity index (χ4n) is 1.37. The molecule has 6 nitrogen and oxygen atoms in total. The van der Waals surface area contributed by atoms with Crippen LogP contribution in [0.1, 0.15) is 21.7 Å². The Bertz CT molecular complexity index is 499. The van der Waals surface area contributed by atoms with E-state index in [1.165, 1.54) is 0 Å². The van der Waals surface area contributed by atoms with Gasteiger partial charge in [0.1, 0.15) is 5.69 Å². The predicted molar refractivity (Wildman–Crippen MR) is 57.7 cm³/mol. The van der Waals surface area contributed by atoms with Crippen molar-refractivity contribution in [2.45, 2.75) is 13.5 Å². The summed E-state index contributed by atoms with van der Waals surface area (Å²) in [5.74, 6) is -0.187. The molecule has 0 aliphatic carbocycles. The molecule has 16 heavy (non-hydrogen) atoms. The molecule has 0 spiro atoms. The van der Waals surface area contributed by atoms with Crippen molar-refractivity contribution < 1.29 is 4.79 Å². The number of nitrogens with zero attached hydrogens (tertiary/aromatic N) is 3. The summed E-state index contributed by atoms with van der Waals surface area (Å²) in [5, 5.41) is 13.4. The average molecular weight is 219 g/mol. The molecule has 0 saturated heterocycles. The SMILES string of the molecule is Cc1cc(C(=O)NCc2cnn(C)c2)n[nH]1. The largest absolute Gasteiger partial charge is 0.346 e. The number of aromatic nitrogens is 4. The van der Waals surface area contributed by atoms with Gasteiger partial charge in [0.2, 0.25) is 0 Å². The normalized spacial score (nSPS) is 10.4. The Morgan fingerprint density at radius 3 is 3.00 bits per heavy atom. The maximum Gasteiger partial charge on any atom is 0.272 e. The monoisotopic (exact) mass is 219 g/mol. The number of hydrogen-bond acceptors (Lipinski definition) is 3. The number of carbonyl (C=O) groups is 1. The minimum Gasteiger partial charge on any atom is -0.346 e. The zero-order chi connectivity index (χ0) is 11.5. The second-order valence-electron chi connectivity index (χ2n) is 3.64. The molecule has 0 aliphatic heterocycles. The summed E-state index contributed by atoms with van der Waals surface area (Å²) in [5.41, 5.74) is 2.23. The van der Waals surface area contributed by atoms with Gasteiger partial charge in [0.25, 0.3) is 5.91 Å². The highest BCUT2D eigenvalue weighted by Crippen LogP contribution is 1.99. The van der Waals surface area contributed by atoms with E-state index in [-0.39, 0.29) is 5.91 Å². The van der Waals surface area contributed by atoms with Crippen LogP contribution >= 0.6 is 0 Å². The zero-order valence-corrected chi connectivity index (χ0v) is 9.19. The molecule has 2 heterocycles. The Hall–Kier alpha value is -2.11. The highest BCUT2D eigenvalue weighted by atomic mass is 16.1. The average Bonchev–Trinajstić information content (AvgIpc) is 2.84. The minimum atomic E-state index is -0.187. The number of aromatic amines is 1. The Kier molecular flexibility index (Phi) is 2.72. The summed E-state index contributed by atoms with van der Waals surface area (Å²) in [6.45, 7) is 2.31. The van der Waals surface area contributed by atoms with E-state index in [2.05, 4.69) is 20.6 Å². The zero-order valence-electron chi connectivity index (χ0n) is 9.19. The number of aryl methyl sites for hydroxylation is 2. The Morgan fingerprint density at radius 2 is 2.44 bits per heavy atom. The van der Waals surface area contributed by atoms with E-state index >= 15 is 0 Å². The number of hydrogen-bond donors (Lipinski definition) is 2. The summed E-state index contributed by atoms with van der Waals surface area (Å²) < 4.78 is 1.69. The highest BCUT2D eigenvalue weighted by molar-refractivity contribution is 5.92. The van der Waals surface area contributed by atoms with Crippen LogP contribution in [-0.2, 0) is 13.6 Å². The molecule has 6 heteroatoms. The van der Waals surface area contributed by atoms with Crippen molar-refractivity contribution in [1.82, 2.24) is 25.3 Å². The van der Waals surface area contributed by atoms with Crippen LogP contribution in [0.5, 0.6) is 0 Å². The third-order valence-corrected chi connectivity index (χ3v) is 2.15. The smallest absolute Gasteiger partial charge is 0.272 e. The molecule has 0 atom stereocenters. The summed E-state index contributed by atoms with van der Waals surface area (Å²) in [7, 11) is 1.84. The number of rotatable bonds is 3. The van der Waals surface area contributed by atoms with Crippen LogP contribution in [0.15, 0.2) is 18.5 Å². The van der Waals surface area contributed by atoms with Crippen molar-refractivity contribution in [2.24, 2.45) is 7.05 Å². The van der Waals surface area contributed by atoms with Crippen molar-refractivity contribution in [3.05, 3.63) is 35.4 Å². The van der Waals surface area contributed by atoms with Gasteiger partial charge in [-0.25, -0.2) is 0 Å². The lowest BCUT2D eigenvalue weighted by Gasteiger charge is -1.99. The maximum absolute atomic E-state index is 11.6. The molecule has 0 saturated carbocycles. The van der Waals surface area contributed by atoms with Gasteiger partial charge in [0.05, 0.1) is 6.20 Å². The second-order valence-corrected chi connectivity index (χ2v) is 3.64. The van der Waals surface area contributed by atoms with Gasteiger partial charge in [-0.3, -0.25) is 14.6 Å². The number of amides is 1. The Morgan fingerprint density at radius 1 is 1.62 bits per heavy atom. The van der Waals surface area contributed by atoms with Crippen LogP contribution in [0.2, 0.25) is 0 Å². The van der Waals surface area contributed by atoms with Crippen LogP contribution in [-0.4, -0.2) is 25.9 Å². The molecule has 2 aromatic heterocycles. The lowest BCUT2D eigenvalue weighted by Crippen LogP contribution is -2.22. The molecule has 0 radical (unpaired) electrons. The Balaban J connectivity index is 1.93. The standard InChI is InChI=1S/C10H13N5O/c1-7-3-9(14-13-7)10(16)11-4-8-5-12-15(2)6-8/h3,5-6H,4H2,1-2H3,(H,11,16)(H,13,14). The van der Waals surface area contributed by atoms with E-state index in [0.29, 0.717) is 12.2 Å². The highest BCUT2D eigenvalue weighted by Gasteiger charge is 2.08. The maximum atomic E-state index is 11.6. The van der Waals surface area contributed by atoms with Crippen molar-refractivity contribution in [1.29, 1.82) is 0 Å². The summed E-state index contributed by atoms with van der Waals surface area (Å²) in [4.78, 5) is 11.6. The van der Waals surface area contributed by atoms with Gasteiger partial charge in [-0.05, 0) is 13.0 Å². The summed E-state index contributed by atoms with van der Waals surface area (Å²) >= 11 is 0. The summed E-state index contributed by atoms with van der Waals surface area (Å²) in [6, 6.07) is 1.71. The topological polar surface area (TPSA) is 75.6 Å². The quantitative estimate of drug-likeness (QED) is 0.783. The molecular formula is C10H13N5O. The van der Waals surface area contributed by atoms with E-state index in [1.54, 1.807) is 16.9 Å². The molecule has 2 N–H and O–H groups in total. The van der Waals surface area contributed by atoms with Gasteiger partial charge in [-0.15, -0.1) is 0 Å². The second kappa shape index (κ2) is 4.18. The van der Waals surface area contributed by atoms with Crippen LogP contribution in [0.4, 0.5) is 0 Å². The van der Waals surface area contributed by atoms with Crippen LogP contribution < -0.4 is 5.32 Å². The number of nitrogens with one attached hydrogen (secondary N) is 2. The third-order valence-electron chi connectivity index (χ3n) is 2.15. The molecule has 0 bridgehead atoms. The fourth-order valence-corrected chi connectivity index (χ4v) is 1.37. The number of H-pyrrole nitrogens is 1. The van der Waals surface area contributed by atoms with Gasteiger partial charge < -0.3 is 5.32 Å². The van der Waals surface area contributed by atoms with Crippen molar-refractivity contribution >= 4 is 5.91 Å². The first-order valence-electron chi connectivity index (χ1n) is 4.93. The van der Waals surface area contributed by atoms with E-state index < -0.39 is 0 Å². The van der Waals surface area contributed by atoms with Crippen molar-refractivity contribution in [3.63, 3.8) is 0 Å². The van der Waals surface area contributed by atoms with Gasteiger partial charge in [-0.2, -0.15) is 10.2 Å². The Labute approximate surface area is 92.7 Å². The van der Waals surface area contributed by atoms with Crippen LogP contribution in [0.25, 0.3) is 0 Å². The van der Waals surface area contributed by atoms with E-state index in [4.69, 9.17) is 0 Å². The molecule has 0 aliphatic rings. The molecule has 0 fully saturated rings. The predicted octanol–water partition coefficient (Wildman–Crippen LogP) is 0.382.